The van der Waals surface area contributed by atoms with Gasteiger partial charge in [0.2, 0.25) is 0 Å². The molecule has 0 heterocycles. The predicted octanol–water partition coefficient (Wildman–Crippen LogP) is 17.5. The van der Waals surface area contributed by atoms with Crippen molar-refractivity contribution in [1.82, 2.24) is 0 Å². The normalized spacial score (nSPS) is 22.5. The predicted molar refractivity (Wildman–Crippen MR) is 261 cm³/mol. The second kappa shape index (κ2) is 20.6. The van der Waals surface area contributed by atoms with E-state index < -0.39 is 20.8 Å². The molecule has 0 nitrogen and oxygen atoms in total. The SMILES string of the molecule is CC(C)(C)C1=CC2C3C=C(C(C)(C)C)C(c4ccc(Cl)cc4)=CC3C(C(Cc3ccccc3)(Cc3ccccc3)C3CCCC3)C2C=C1c1ccc(Cl)cc1.[CH3-].[CH3-].[Cl][Zr+2][Cl]. The summed E-state index contributed by atoms with van der Waals surface area (Å²) < 4.78 is 0. The molecule has 2 fully saturated rings. The summed E-state index contributed by atoms with van der Waals surface area (Å²) in [6, 6.07) is 40.3. The van der Waals surface area contributed by atoms with E-state index in [0.29, 0.717) is 35.5 Å². The first-order valence-electron chi connectivity index (χ1n) is 21.2. The molecule has 316 valence electrons. The van der Waals surface area contributed by atoms with E-state index in [1.807, 2.05) is 0 Å². The maximum absolute atomic E-state index is 6.53. The molecule has 4 aromatic rings. The maximum atomic E-state index is 6.53. The number of fused-ring (bicyclic) bond motifs is 3. The zero-order valence-corrected chi connectivity index (χ0v) is 42.4. The second-order valence-corrected chi connectivity index (χ2v) is 23.9. The summed E-state index contributed by atoms with van der Waals surface area (Å²) in [5.41, 5.74) is 11.2. The third-order valence-electron chi connectivity index (χ3n) is 13.7. The summed E-state index contributed by atoms with van der Waals surface area (Å²) in [4.78, 5) is 0. The first-order chi connectivity index (χ1) is 27.7. The van der Waals surface area contributed by atoms with Crippen molar-refractivity contribution in [1.29, 1.82) is 0 Å². The molecule has 8 rings (SSSR count). The number of benzene rings is 4. The van der Waals surface area contributed by atoms with Crippen molar-refractivity contribution in [3.63, 3.8) is 0 Å². The van der Waals surface area contributed by atoms with Gasteiger partial charge >= 0.3 is 37.9 Å². The van der Waals surface area contributed by atoms with Crippen molar-refractivity contribution in [2.24, 2.45) is 51.8 Å². The Morgan fingerprint density at radius 2 is 0.850 bits per heavy atom. The Morgan fingerprint density at radius 1 is 0.500 bits per heavy atom. The minimum absolute atomic E-state index is 0. The monoisotopic (exact) mass is 954 g/mol. The Labute approximate surface area is 392 Å². The summed E-state index contributed by atoms with van der Waals surface area (Å²) >= 11 is 12.2. The number of rotatable bonds is 8. The van der Waals surface area contributed by atoms with Crippen molar-refractivity contribution < 1.29 is 20.8 Å². The number of hydrogen-bond donors (Lipinski definition) is 0. The summed E-state index contributed by atoms with van der Waals surface area (Å²) in [5.74, 6) is 2.60. The number of hydrogen-bond acceptors (Lipinski definition) is 0. The van der Waals surface area contributed by atoms with Crippen LogP contribution >= 0.6 is 40.2 Å². The topological polar surface area (TPSA) is 0 Å². The van der Waals surface area contributed by atoms with Gasteiger partial charge in [0, 0.05) is 10.0 Å². The van der Waals surface area contributed by atoms with E-state index in [0.717, 1.165) is 22.9 Å². The van der Waals surface area contributed by atoms with Crippen molar-refractivity contribution in [2.75, 3.05) is 0 Å². The molecule has 2 saturated carbocycles. The standard InChI is InChI=1S/C53H58Cl2.2CH3.2ClH.Zr/c1-51(2,3)48-31-44-45-32-49(52(4,5)6)43(38-23-27-41(55)28-24-38)30-47(45)50(46(44)29-42(48)37-21-25-40(54)26-22-37)53(39-19-13-14-20-39,33-35-15-9-7-10-16-35)34-36-17-11-8-12-18-36;;;;;/h7-12,15-18,21-32,39,44-47,50H,13-14,19-20,33-34H2,1-6H3;2*1H3;2*1H;/q;2*-1;;;+4/p-2. The van der Waals surface area contributed by atoms with Crippen LogP contribution < -0.4 is 0 Å². The van der Waals surface area contributed by atoms with Gasteiger partial charge in [-0.1, -0.05) is 187 Å². The van der Waals surface area contributed by atoms with Crippen LogP contribution in [0.25, 0.3) is 11.1 Å². The van der Waals surface area contributed by atoms with E-state index in [1.54, 1.807) is 0 Å². The summed E-state index contributed by atoms with van der Waals surface area (Å²) in [5, 5.41) is 1.57. The summed E-state index contributed by atoms with van der Waals surface area (Å²) in [6.07, 6.45) is 18.5. The van der Waals surface area contributed by atoms with Crippen molar-refractivity contribution >= 4 is 51.4 Å². The molecule has 0 saturated heterocycles. The third-order valence-corrected chi connectivity index (χ3v) is 14.2. The number of allylic oxidation sites excluding steroid dienone is 8. The number of halogens is 4. The van der Waals surface area contributed by atoms with Crippen LogP contribution in [-0.4, -0.2) is 0 Å². The molecule has 0 aliphatic heterocycles. The molecular formula is C55H64Cl4Zr. The van der Waals surface area contributed by atoms with Crippen LogP contribution in [0.1, 0.15) is 89.5 Å². The molecule has 0 spiro atoms. The van der Waals surface area contributed by atoms with Gasteiger partial charge in [0.05, 0.1) is 0 Å². The minimum atomic E-state index is -0.826. The molecule has 0 aromatic heterocycles. The van der Waals surface area contributed by atoms with E-state index >= 15 is 0 Å². The summed E-state index contributed by atoms with van der Waals surface area (Å²) in [7, 11) is 9.87. The van der Waals surface area contributed by atoms with Crippen LogP contribution in [0.4, 0.5) is 0 Å². The Morgan fingerprint density at radius 3 is 1.18 bits per heavy atom. The zero-order chi connectivity index (χ0) is 41.2. The molecule has 4 unspecified atom stereocenters. The zero-order valence-electron chi connectivity index (χ0n) is 36.9. The van der Waals surface area contributed by atoms with Gasteiger partial charge in [0.1, 0.15) is 0 Å². The van der Waals surface area contributed by atoms with Crippen molar-refractivity contribution in [2.45, 2.75) is 80.1 Å². The fraction of sp³-hybridized carbons (Fsp3) is 0.382. The van der Waals surface area contributed by atoms with Gasteiger partial charge in [-0.25, -0.2) is 0 Å². The Balaban J connectivity index is 0.00000133. The Hall–Kier alpha value is -2.12. The van der Waals surface area contributed by atoms with E-state index in [2.05, 4.69) is 175 Å². The Bertz CT molecular complexity index is 1980. The van der Waals surface area contributed by atoms with Crippen molar-refractivity contribution in [3.8, 4) is 0 Å². The van der Waals surface area contributed by atoms with Gasteiger partial charge in [-0.05, 0) is 146 Å². The summed E-state index contributed by atoms with van der Waals surface area (Å²) in [6.45, 7) is 14.4. The van der Waals surface area contributed by atoms with E-state index in [-0.39, 0.29) is 31.1 Å². The van der Waals surface area contributed by atoms with E-state index in [1.165, 1.54) is 70.2 Å². The van der Waals surface area contributed by atoms with Gasteiger partial charge in [0.15, 0.2) is 0 Å². The average Bonchev–Trinajstić information content (AvgIpc) is 3.85. The molecule has 0 N–H and O–H groups in total. The van der Waals surface area contributed by atoms with Crippen LogP contribution in [0.5, 0.6) is 0 Å². The molecule has 60 heavy (non-hydrogen) atoms. The van der Waals surface area contributed by atoms with E-state index in [9.17, 15) is 0 Å². The van der Waals surface area contributed by atoms with Gasteiger partial charge in [-0.15, -0.1) is 0 Å². The molecule has 4 aromatic carbocycles. The average molecular weight is 958 g/mol. The molecule has 0 bridgehead atoms. The van der Waals surface area contributed by atoms with Gasteiger partial charge < -0.3 is 14.9 Å². The third kappa shape index (κ3) is 10.5. The molecule has 5 heteroatoms. The molecule has 0 radical (unpaired) electrons. The first kappa shape index (κ1) is 48.9. The fourth-order valence-corrected chi connectivity index (χ4v) is 11.7. The van der Waals surface area contributed by atoms with Gasteiger partial charge in [-0.2, -0.15) is 0 Å². The van der Waals surface area contributed by atoms with E-state index in [4.69, 9.17) is 40.2 Å². The molecule has 4 atom stereocenters. The fourth-order valence-electron chi connectivity index (χ4n) is 11.4. The Kier molecular flexibility index (Phi) is 16.8. The van der Waals surface area contributed by atoms with Gasteiger partial charge in [-0.3, -0.25) is 0 Å². The van der Waals surface area contributed by atoms with Gasteiger partial charge in [0.25, 0.3) is 0 Å². The van der Waals surface area contributed by atoms with Crippen LogP contribution in [-0.2, 0) is 33.7 Å². The van der Waals surface area contributed by atoms with Crippen LogP contribution in [0.2, 0.25) is 10.0 Å². The van der Waals surface area contributed by atoms with Crippen LogP contribution in [0.3, 0.4) is 0 Å². The van der Waals surface area contributed by atoms with Crippen LogP contribution in [0.15, 0.2) is 145 Å². The van der Waals surface area contributed by atoms with Crippen molar-refractivity contribution in [3.05, 3.63) is 192 Å². The molecule has 4 aliphatic carbocycles. The van der Waals surface area contributed by atoms with Crippen LogP contribution in [0, 0.1) is 66.6 Å². The first-order valence-corrected chi connectivity index (χ1v) is 28.3. The second-order valence-electron chi connectivity index (χ2n) is 19.3. The molecule has 0 amide bonds. The molecular weight excluding hydrogens is 894 g/mol. The quantitative estimate of drug-likeness (QED) is 0.154. The molecule has 4 aliphatic rings.